The summed E-state index contributed by atoms with van der Waals surface area (Å²) in [4.78, 5) is 0. The van der Waals surface area contributed by atoms with Crippen LogP contribution in [0.1, 0.15) is 299 Å². The number of hydrogen-bond acceptors (Lipinski definition) is 12. The molecule has 8 bridgehead atoms. The average molecular weight is 1170 g/mol. The van der Waals surface area contributed by atoms with Crippen molar-refractivity contribution in [3.05, 3.63) is 93.0 Å². The van der Waals surface area contributed by atoms with Crippen molar-refractivity contribution < 1.29 is 59.8 Å². The monoisotopic (exact) mass is 1170 g/mol. The maximum atomic E-state index is 12.2. The number of ether oxygens (including phenoxy) is 4. The van der Waals surface area contributed by atoms with Crippen molar-refractivity contribution >= 4 is 0 Å². The first-order chi connectivity index (χ1) is 40.9. The highest BCUT2D eigenvalue weighted by atomic mass is 16.5. The lowest BCUT2D eigenvalue weighted by atomic mass is 9.76. The van der Waals surface area contributed by atoms with Crippen molar-refractivity contribution in [1.82, 2.24) is 0 Å². The summed E-state index contributed by atoms with van der Waals surface area (Å²) in [6.07, 6.45) is 35.5. The molecule has 5 rings (SSSR count). The number of hydrogen-bond donors (Lipinski definition) is 8. The maximum Gasteiger partial charge on any atom is 0.123 e. The van der Waals surface area contributed by atoms with Crippen LogP contribution in [0.5, 0.6) is 46.0 Å². The lowest BCUT2D eigenvalue weighted by molar-refractivity contribution is 0.192. The number of aromatic hydroxyl groups is 8. The minimum atomic E-state index is -0.576. The fourth-order valence-corrected chi connectivity index (χ4v) is 13.2. The molecule has 1 aliphatic rings. The predicted octanol–water partition coefficient (Wildman–Crippen LogP) is 18.8. The van der Waals surface area contributed by atoms with E-state index in [2.05, 4.69) is 0 Å². The fourth-order valence-electron chi connectivity index (χ4n) is 13.2. The summed E-state index contributed by atoms with van der Waals surface area (Å²) in [6.45, 7) is 3.11. The molecule has 0 radical (unpaired) electrons. The largest absolute Gasteiger partial charge is 0.508 e. The van der Waals surface area contributed by atoms with Crippen LogP contribution in [0, 0.1) is 0 Å². The molecule has 0 fully saturated rings. The van der Waals surface area contributed by atoms with Gasteiger partial charge in [-0.15, -0.1) is 0 Å². The number of unbranched alkanes of at least 4 members (excludes halogenated alkanes) is 28. The van der Waals surface area contributed by atoms with Crippen molar-refractivity contribution in [3.63, 3.8) is 0 Å². The summed E-state index contributed by atoms with van der Waals surface area (Å²) in [5.74, 6) is -3.23. The zero-order valence-electron chi connectivity index (χ0n) is 52.4. The molecule has 0 unspecified atom stereocenters. The van der Waals surface area contributed by atoms with Gasteiger partial charge in [0.2, 0.25) is 0 Å². The standard InChI is InChI=1S/C72H112O12/c1-81-41-33-25-17-9-5-13-21-29-37-53-57-45-59(67(75)49-65(57)73)54(38-30-22-14-6-10-18-26-34-42-82-2)61-47-63(71(79)51-69(61)77)56(40-32-24-16-8-12-20-28-36-44-84-4)64-48-62(70(78)52-72(64)80)55(60-46-58(53)66(74)50-68(60)76)39-31-23-15-7-11-19-27-35-43-83-3/h45-56,73-80H,5-44H2,1-4H3. The second kappa shape index (κ2) is 40.5. The molecule has 4 aromatic rings. The molecule has 0 aliphatic heterocycles. The summed E-state index contributed by atoms with van der Waals surface area (Å²) in [5, 5.41) is 97.3. The summed E-state index contributed by atoms with van der Waals surface area (Å²) < 4.78 is 21.0. The fraction of sp³-hybridized carbons (Fsp3) is 0.667. The highest BCUT2D eigenvalue weighted by Crippen LogP contribution is 2.53. The molecule has 84 heavy (non-hydrogen) atoms. The van der Waals surface area contributed by atoms with Gasteiger partial charge in [0.25, 0.3) is 0 Å². The van der Waals surface area contributed by atoms with Gasteiger partial charge in [-0.25, -0.2) is 0 Å². The second-order valence-corrected chi connectivity index (χ2v) is 24.5. The average Bonchev–Trinajstić information content (AvgIpc) is 1.56. The molecular weight excluding hydrogens is 1060 g/mol. The molecule has 0 amide bonds. The normalized spacial score (nSPS) is 16.0. The minimum absolute atomic E-state index is 0.116. The van der Waals surface area contributed by atoms with Crippen molar-refractivity contribution in [3.8, 4) is 46.0 Å². The first-order valence-corrected chi connectivity index (χ1v) is 33.1. The van der Waals surface area contributed by atoms with Crippen molar-refractivity contribution in [2.75, 3.05) is 54.9 Å². The summed E-state index contributed by atoms with van der Waals surface area (Å²) in [6, 6.07) is 13.1. The van der Waals surface area contributed by atoms with Crippen molar-refractivity contribution in [2.24, 2.45) is 0 Å². The molecule has 8 N–H and O–H groups in total. The van der Waals surface area contributed by atoms with Gasteiger partial charge in [-0.05, 0) is 75.6 Å². The Labute approximate surface area is 506 Å². The Hall–Kier alpha value is -4.88. The van der Waals surface area contributed by atoms with Crippen LogP contribution in [-0.2, 0) is 18.9 Å². The Kier molecular flexibility index (Phi) is 33.7. The molecule has 4 aromatic carbocycles. The molecule has 12 heteroatoms. The first kappa shape index (κ1) is 69.9. The van der Waals surface area contributed by atoms with E-state index in [1.807, 2.05) is 24.3 Å². The van der Waals surface area contributed by atoms with E-state index in [1.54, 1.807) is 28.4 Å². The molecular formula is C72H112O12. The number of fused-ring (bicyclic) bond motifs is 8. The number of benzene rings is 4. The minimum Gasteiger partial charge on any atom is -0.508 e. The smallest absolute Gasteiger partial charge is 0.123 e. The predicted molar refractivity (Wildman–Crippen MR) is 340 cm³/mol. The van der Waals surface area contributed by atoms with Gasteiger partial charge in [0.1, 0.15) is 46.0 Å². The van der Waals surface area contributed by atoms with E-state index in [4.69, 9.17) is 18.9 Å². The van der Waals surface area contributed by atoms with Gasteiger partial charge in [-0.3, -0.25) is 0 Å². The molecule has 0 atom stereocenters. The van der Waals surface area contributed by atoms with E-state index in [0.717, 1.165) is 232 Å². The molecule has 0 spiro atoms. The Morgan fingerprint density at radius 3 is 0.476 bits per heavy atom. The van der Waals surface area contributed by atoms with Gasteiger partial charge in [0.15, 0.2) is 0 Å². The molecule has 0 saturated carbocycles. The van der Waals surface area contributed by atoms with E-state index in [-0.39, 0.29) is 46.0 Å². The van der Waals surface area contributed by atoms with E-state index in [9.17, 15) is 40.9 Å². The van der Waals surface area contributed by atoms with Crippen molar-refractivity contribution in [1.29, 1.82) is 0 Å². The van der Waals surface area contributed by atoms with Gasteiger partial charge >= 0.3 is 0 Å². The van der Waals surface area contributed by atoms with E-state index < -0.39 is 23.7 Å². The number of methoxy groups -OCH3 is 4. The number of rotatable bonds is 44. The van der Waals surface area contributed by atoms with Crippen LogP contribution in [0.25, 0.3) is 0 Å². The maximum absolute atomic E-state index is 12.2. The summed E-state index contributed by atoms with van der Waals surface area (Å²) >= 11 is 0. The van der Waals surface area contributed by atoms with Crippen LogP contribution >= 0.6 is 0 Å². The SMILES string of the molecule is COCCCCCCCCCCC1c2cc(c(O)cc2O)C(CCCCCCCCCCOC)c2cc(c(O)cc2O)C(CCCCCCCCCCOC)c2cc(c(O)cc2O)C(CCCCCCCCCCOC)c2cc1c(O)cc2O. The topological polar surface area (TPSA) is 199 Å². The van der Waals surface area contributed by atoms with Crippen LogP contribution in [0.4, 0.5) is 0 Å². The lowest BCUT2D eigenvalue weighted by Gasteiger charge is -2.29. The molecule has 1 aliphatic carbocycles. The third-order valence-electron chi connectivity index (χ3n) is 18.1. The highest BCUT2D eigenvalue weighted by Gasteiger charge is 2.33. The van der Waals surface area contributed by atoms with Gasteiger partial charge < -0.3 is 59.8 Å². The van der Waals surface area contributed by atoms with E-state index in [1.165, 1.54) is 24.3 Å². The quantitative estimate of drug-likeness (QED) is 0.0195. The van der Waals surface area contributed by atoms with E-state index >= 15 is 0 Å². The molecule has 12 nitrogen and oxygen atoms in total. The second-order valence-electron chi connectivity index (χ2n) is 24.5. The van der Waals surface area contributed by atoms with Crippen LogP contribution < -0.4 is 0 Å². The van der Waals surface area contributed by atoms with Crippen molar-refractivity contribution in [2.45, 2.75) is 255 Å². The van der Waals surface area contributed by atoms with E-state index in [0.29, 0.717) is 70.2 Å². The Balaban J connectivity index is 1.65. The van der Waals surface area contributed by atoms with Gasteiger partial charge in [-0.2, -0.15) is 0 Å². The molecule has 0 heterocycles. The highest BCUT2D eigenvalue weighted by molar-refractivity contribution is 5.62. The summed E-state index contributed by atoms with van der Waals surface area (Å²) in [7, 11) is 6.97. The summed E-state index contributed by atoms with van der Waals surface area (Å²) in [5.41, 5.74) is 4.21. The van der Waals surface area contributed by atoms with Gasteiger partial charge in [0, 0.05) is 147 Å². The van der Waals surface area contributed by atoms with Gasteiger partial charge in [-0.1, -0.05) is 180 Å². The van der Waals surface area contributed by atoms with Crippen LogP contribution in [0.2, 0.25) is 0 Å². The Morgan fingerprint density at radius 1 is 0.202 bits per heavy atom. The zero-order chi connectivity index (χ0) is 60.3. The van der Waals surface area contributed by atoms with Crippen LogP contribution in [0.15, 0.2) is 48.5 Å². The Bertz CT molecular complexity index is 2000. The van der Waals surface area contributed by atoms with Crippen LogP contribution in [-0.4, -0.2) is 95.7 Å². The first-order valence-electron chi connectivity index (χ1n) is 33.1. The third-order valence-corrected chi connectivity index (χ3v) is 18.1. The number of phenols is 8. The molecule has 0 aromatic heterocycles. The van der Waals surface area contributed by atoms with Crippen LogP contribution in [0.3, 0.4) is 0 Å². The Morgan fingerprint density at radius 2 is 0.333 bits per heavy atom. The molecule has 0 saturated heterocycles. The lowest BCUT2D eigenvalue weighted by Crippen LogP contribution is -2.11. The molecule has 472 valence electrons. The number of phenolic OH excluding ortho intramolecular Hbond substituents is 8. The zero-order valence-corrected chi connectivity index (χ0v) is 52.4. The third kappa shape index (κ3) is 23.1. The van der Waals surface area contributed by atoms with Gasteiger partial charge in [0.05, 0.1) is 0 Å².